The molecule has 0 bridgehead atoms. The normalized spacial score (nSPS) is 10.1. The monoisotopic (exact) mass is 382 g/mol. The number of benzene rings is 2. The van der Waals surface area contributed by atoms with Crippen LogP contribution in [0.2, 0.25) is 0 Å². The highest BCUT2D eigenvalue weighted by molar-refractivity contribution is 14.1. The molecule has 0 aliphatic heterocycles. The van der Waals surface area contributed by atoms with E-state index in [4.69, 9.17) is 0 Å². The molecule has 0 aliphatic carbocycles. The van der Waals surface area contributed by atoms with E-state index in [9.17, 15) is 9.90 Å². The van der Waals surface area contributed by atoms with Crippen molar-refractivity contribution >= 4 is 34.3 Å². The number of nitrogens with one attached hydrogen (secondary N) is 2. The lowest BCUT2D eigenvalue weighted by Crippen LogP contribution is -2.30. The molecule has 2 amide bonds. The van der Waals surface area contributed by atoms with E-state index in [0.29, 0.717) is 6.54 Å². The van der Waals surface area contributed by atoms with Crippen LogP contribution in [0.4, 0.5) is 10.5 Å². The molecule has 0 heterocycles. The molecule has 0 saturated heterocycles. The van der Waals surface area contributed by atoms with Gasteiger partial charge in [0.1, 0.15) is 5.75 Å². The van der Waals surface area contributed by atoms with Crippen molar-refractivity contribution in [3.05, 3.63) is 57.7 Å². The van der Waals surface area contributed by atoms with Crippen molar-refractivity contribution in [1.82, 2.24) is 5.32 Å². The Hall–Kier alpha value is -1.76. The number of amides is 2. The number of carbonyl (C=O) groups excluding carboxylic acids is 1. The van der Waals surface area contributed by atoms with E-state index in [1.54, 1.807) is 12.1 Å². The van der Waals surface area contributed by atoms with Gasteiger partial charge in [-0.3, -0.25) is 0 Å². The van der Waals surface area contributed by atoms with Gasteiger partial charge in [-0.1, -0.05) is 24.3 Å². The quantitative estimate of drug-likeness (QED) is 0.711. The number of hydrogen-bond acceptors (Lipinski definition) is 2. The van der Waals surface area contributed by atoms with Crippen LogP contribution < -0.4 is 10.6 Å². The summed E-state index contributed by atoms with van der Waals surface area (Å²) < 4.78 is 0.999. The van der Waals surface area contributed by atoms with Gasteiger partial charge >= 0.3 is 6.03 Å². The zero-order valence-corrected chi connectivity index (χ0v) is 12.9. The summed E-state index contributed by atoms with van der Waals surface area (Å²) in [6.45, 7) is 0.542. The predicted molar refractivity (Wildman–Crippen MR) is 88.0 cm³/mol. The number of carbonyl (C=O) groups is 1. The second-order valence-corrected chi connectivity index (χ2v) is 5.44. The van der Waals surface area contributed by atoms with E-state index in [1.807, 2.05) is 36.4 Å². The zero-order valence-electron chi connectivity index (χ0n) is 10.8. The van der Waals surface area contributed by atoms with E-state index >= 15 is 0 Å². The van der Waals surface area contributed by atoms with Gasteiger partial charge in [-0.2, -0.15) is 0 Å². The smallest absolute Gasteiger partial charge is 0.319 e. The maximum Gasteiger partial charge on any atom is 0.319 e. The third kappa shape index (κ3) is 4.41. The first kappa shape index (κ1) is 14.6. The summed E-state index contributed by atoms with van der Waals surface area (Å²) in [4.78, 5) is 11.7. The van der Waals surface area contributed by atoms with Gasteiger partial charge in [0.25, 0.3) is 0 Å². The molecule has 2 aromatic carbocycles. The molecule has 0 saturated carbocycles. The molecule has 0 spiro atoms. The molecule has 20 heavy (non-hydrogen) atoms. The molecule has 5 heteroatoms. The highest BCUT2D eigenvalue weighted by atomic mass is 127. The lowest BCUT2D eigenvalue weighted by Gasteiger charge is -2.09. The van der Waals surface area contributed by atoms with Crippen LogP contribution in [0.3, 0.4) is 0 Å². The molecule has 2 rings (SSSR count). The van der Waals surface area contributed by atoms with E-state index in [0.717, 1.165) is 21.2 Å². The SMILES string of the molecule is O=C(NCCc1ccc(O)cc1)Nc1ccccc1I. The second-order valence-electron chi connectivity index (χ2n) is 4.28. The van der Waals surface area contributed by atoms with Gasteiger partial charge in [0, 0.05) is 10.1 Å². The summed E-state index contributed by atoms with van der Waals surface area (Å²) in [6.07, 6.45) is 0.722. The number of hydrogen-bond donors (Lipinski definition) is 3. The first-order valence-electron chi connectivity index (χ1n) is 6.22. The molecule has 0 fully saturated rings. The molecule has 0 aromatic heterocycles. The van der Waals surface area contributed by atoms with Gasteiger partial charge in [0.15, 0.2) is 0 Å². The van der Waals surface area contributed by atoms with Gasteiger partial charge in [0.2, 0.25) is 0 Å². The number of anilines is 1. The fourth-order valence-corrected chi connectivity index (χ4v) is 2.23. The molecule has 0 radical (unpaired) electrons. The van der Waals surface area contributed by atoms with Crippen molar-refractivity contribution in [1.29, 1.82) is 0 Å². The fourth-order valence-electron chi connectivity index (χ4n) is 1.71. The average molecular weight is 382 g/mol. The van der Waals surface area contributed by atoms with Crippen LogP contribution in [0.15, 0.2) is 48.5 Å². The number of para-hydroxylation sites is 1. The molecule has 0 unspecified atom stereocenters. The number of rotatable bonds is 4. The maximum absolute atomic E-state index is 11.7. The summed E-state index contributed by atoms with van der Waals surface area (Å²) in [5.74, 6) is 0.248. The lowest BCUT2D eigenvalue weighted by atomic mass is 10.1. The van der Waals surface area contributed by atoms with Crippen molar-refractivity contribution < 1.29 is 9.90 Å². The van der Waals surface area contributed by atoms with E-state index < -0.39 is 0 Å². The van der Waals surface area contributed by atoms with Crippen LogP contribution >= 0.6 is 22.6 Å². The largest absolute Gasteiger partial charge is 0.508 e. The van der Waals surface area contributed by atoms with Crippen LogP contribution in [0.25, 0.3) is 0 Å². The molecule has 104 valence electrons. The maximum atomic E-state index is 11.7. The Morgan fingerprint density at radius 1 is 1.10 bits per heavy atom. The van der Waals surface area contributed by atoms with Crippen molar-refractivity contribution in [3.63, 3.8) is 0 Å². The Balaban J connectivity index is 1.78. The van der Waals surface area contributed by atoms with Gasteiger partial charge < -0.3 is 15.7 Å². The highest BCUT2D eigenvalue weighted by Crippen LogP contribution is 2.16. The number of aromatic hydroxyl groups is 1. The summed E-state index contributed by atoms with van der Waals surface area (Å²) in [5.41, 5.74) is 1.87. The molecule has 3 N–H and O–H groups in total. The van der Waals surface area contributed by atoms with Crippen LogP contribution in [-0.4, -0.2) is 17.7 Å². The van der Waals surface area contributed by atoms with E-state index in [2.05, 4.69) is 33.2 Å². The Morgan fingerprint density at radius 3 is 2.50 bits per heavy atom. The minimum absolute atomic E-state index is 0.215. The number of halogens is 1. The van der Waals surface area contributed by atoms with Crippen molar-refractivity contribution in [2.45, 2.75) is 6.42 Å². The topological polar surface area (TPSA) is 61.4 Å². The Bertz CT molecular complexity index is 585. The first-order chi connectivity index (χ1) is 9.65. The second kappa shape index (κ2) is 7.14. The summed E-state index contributed by atoms with van der Waals surface area (Å²) in [7, 11) is 0. The average Bonchev–Trinajstić information content (AvgIpc) is 2.44. The Kier molecular flexibility index (Phi) is 5.23. The standard InChI is InChI=1S/C15H15IN2O2/c16-13-3-1-2-4-14(13)18-15(20)17-10-9-11-5-7-12(19)8-6-11/h1-8,19H,9-10H2,(H2,17,18,20). The number of phenols is 1. The highest BCUT2D eigenvalue weighted by Gasteiger charge is 2.03. The zero-order chi connectivity index (χ0) is 14.4. The van der Waals surface area contributed by atoms with Crippen molar-refractivity contribution in [2.75, 3.05) is 11.9 Å². The number of urea groups is 1. The fraction of sp³-hybridized carbons (Fsp3) is 0.133. The Labute approximate surface area is 131 Å². The molecule has 4 nitrogen and oxygen atoms in total. The summed E-state index contributed by atoms with van der Waals surface area (Å²) in [5, 5.41) is 14.8. The molecule has 0 atom stereocenters. The van der Waals surface area contributed by atoms with Crippen LogP contribution in [0, 0.1) is 3.57 Å². The van der Waals surface area contributed by atoms with Gasteiger partial charge in [-0.15, -0.1) is 0 Å². The van der Waals surface area contributed by atoms with Crippen molar-refractivity contribution in [3.8, 4) is 5.75 Å². The molecule has 0 aliphatic rings. The molecule has 2 aromatic rings. The van der Waals surface area contributed by atoms with Crippen LogP contribution in [0.5, 0.6) is 5.75 Å². The third-order valence-corrected chi connectivity index (χ3v) is 3.70. The minimum atomic E-state index is -0.215. The Morgan fingerprint density at radius 2 is 1.80 bits per heavy atom. The predicted octanol–water partition coefficient (Wildman–Crippen LogP) is 3.36. The molecular formula is C15H15IN2O2. The van der Waals surface area contributed by atoms with Crippen molar-refractivity contribution in [2.24, 2.45) is 0 Å². The van der Waals surface area contributed by atoms with Crippen LogP contribution in [0.1, 0.15) is 5.56 Å². The first-order valence-corrected chi connectivity index (χ1v) is 7.30. The van der Waals surface area contributed by atoms with Gasteiger partial charge in [0.05, 0.1) is 5.69 Å². The van der Waals surface area contributed by atoms with E-state index in [-0.39, 0.29) is 11.8 Å². The number of phenolic OH excluding ortho intramolecular Hbond substituents is 1. The van der Waals surface area contributed by atoms with Crippen LogP contribution in [-0.2, 0) is 6.42 Å². The minimum Gasteiger partial charge on any atom is -0.508 e. The van der Waals surface area contributed by atoms with Gasteiger partial charge in [-0.05, 0) is 58.8 Å². The lowest BCUT2D eigenvalue weighted by molar-refractivity contribution is 0.252. The summed E-state index contributed by atoms with van der Waals surface area (Å²) >= 11 is 2.18. The summed E-state index contributed by atoms with van der Waals surface area (Å²) in [6, 6.07) is 14.4. The van der Waals surface area contributed by atoms with Gasteiger partial charge in [-0.25, -0.2) is 4.79 Å². The third-order valence-electron chi connectivity index (χ3n) is 2.76. The van der Waals surface area contributed by atoms with E-state index in [1.165, 1.54) is 0 Å². The molecular weight excluding hydrogens is 367 g/mol.